The summed E-state index contributed by atoms with van der Waals surface area (Å²) in [5.41, 5.74) is 6.61. The summed E-state index contributed by atoms with van der Waals surface area (Å²) in [5.74, 6) is 1.64. The molecule has 0 saturated heterocycles. The molecule has 0 spiro atoms. The first kappa shape index (κ1) is 27.0. The fourth-order valence-corrected chi connectivity index (χ4v) is 5.30. The molecule has 0 aromatic rings. The minimum absolute atomic E-state index is 0.00942. The van der Waals surface area contributed by atoms with E-state index in [4.69, 9.17) is 0 Å². The van der Waals surface area contributed by atoms with Crippen LogP contribution in [-0.2, 0) is 19.1 Å². The lowest BCUT2D eigenvalue weighted by molar-refractivity contribution is -0.129. The first-order valence-corrected chi connectivity index (χ1v) is 12.4. The number of carbonyl (C=O) groups is 3. The Morgan fingerprint density at radius 1 is 1.24 bits per heavy atom. The van der Waals surface area contributed by atoms with Gasteiger partial charge >= 0.3 is 0 Å². The second-order valence-electron chi connectivity index (χ2n) is 10.6. The van der Waals surface area contributed by atoms with Gasteiger partial charge in [-0.15, -0.1) is 0 Å². The van der Waals surface area contributed by atoms with Crippen LogP contribution < -0.4 is 0 Å². The molecule has 0 N–H and O–H groups in total. The number of Topliss-reactive ketones (excluding diaryl/α,β-unsaturated/α-hetero) is 1. The SMILES string of the molecule is CC(C)COC=O.CC1CC=C2C3=C(CCC21C)C1(C)C=CC(=O)C=C1CC3.CCC(C)=O. The molecule has 3 atom stereocenters. The highest BCUT2D eigenvalue weighted by atomic mass is 16.5. The second-order valence-corrected chi connectivity index (χ2v) is 10.6. The van der Waals surface area contributed by atoms with Gasteiger partial charge in [0, 0.05) is 11.8 Å². The molecule has 4 heteroatoms. The van der Waals surface area contributed by atoms with Crippen LogP contribution in [0.5, 0.6) is 0 Å². The topological polar surface area (TPSA) is 60.4 Å². The smallest absolute Gasteiger partial charge is 0.293 e. The molecule has 0 heterocycles. The Hall–Kier alpha value is -2.23. The normalized spacial score (nSPS) is 29.3. The maximum atomic E-state index is 11.7. The van der Waals surface area contributed by atoms with Crippen LogP contribution >= 0.6 is 0 Å². The zero-order valence-electron chi connectivity index (χ0n) is 21.6. The number of rotatable bonds is 4. The first-order valence-electron chi connectivity index (χ1n) is 12.4. The van der Waals surface area contributed by atoms with Gasteiger partial charge in [0.1, 0.15) is 5.78 Å². The zero-order valence-corrected chi connectivity index (χ0v) is 21.6. The van der Waals surface area contributed by atoms with Gasteiger partial charge in [0.2, 0.25) is 0 Å². The third-order valence-corrected chi connectivity index (χ3v) is 7.79. The second kappa shape index (κ2) is 11.3. The van der Waals surface area contributed by atoms with Crippen molar-refractivity contribution in [2.75, 3.05) is 6.61 Å². The zero-order chi connectivity index (χ0) is 24.8. The van der Waals surface area contributed by atoms with E-state index in [1.165, 1.54) is 24.8 Å². The summed E-state index contributed by atoms with van der Waals surface area (Å²) in [6, 6.07) is 0. The molecule has 4 rings (SSSR count). The average molecular weight is 455 g/mol. The molecule has 0 aromatic heterocycles. The van der Waals surface area contributed by atoms with E-state index in [2.05, 4.69) is 37.7 Å². The van der Waals surface area contributed by atoms with E-state index < -0.39 is 0 Å². The summed E-state index contributed by atoms with van der Waals surface area (Å²) in [6.45, 7) is 15.6. The van der Waals surface area contributed by atoms with Gasteiger partial charge in [0.05, 0.1) is 6.61 Å². The van der Waals surface area contributed by atoms with Crippen LogP contribution in [0.4, 0.5) is 0 Å². The highest BCUT2D eigenvalue weighted by Gasteiger charge is 2.48. The van der Waals surface area contributed by atoms with Crippen LogP contribution in [0.1, 0.15) is 87.0 Å². The molecule has 4 nitrogen and oxygen atoms in total. The molecule has 0 amide bonds. The molecular formula is C29H42O4. The number of allylic oxidation sites excluding steroid dienone is 8. The van der Waals surface area contributed by atoms with Gasteiger partial charge in [-0.2, -0.15) is 0 Å². The van der Waals surface area contributed by atoms with E-state index in [0.717, 1.165) is 18.8 Å². The highest BCUT2D eigenvalue weighted by Crippen LogP contribution is 2.61. The molecule has 182 valence electrons. The molecule has 33 heavy (non-hydrogen) atoms. The predicted molar refractivity (Wildman–Crippen MR) is 134 cm³/mol. The molecule has 0 fully saturated rings. The first-order chi connectivity index (χ1) is 15.5. The maximum absolute atomic E-state index is 11.7. The molecule has 0 bridgehead atoms. The summed E-state index contributed by atoms with van der Waals surface area (Å²) in [5, 5.41) is 0. The molecule has 4 aliphatic carbocycles. The lowest BCUT2D eigenvalue weighted by Gasteiger charge is -2.48. The van der Waals surface area contributed by atoms with Crippen LogP contribution in [0.2, 0.25) is 0 Å². The van der Waals surface area contributed by atoms with E-state index in [9.17, 15) is 14.4 Å². The van der Waals surface area contributed by atoms with E-state index in [1.807, 2.05) is 26.8 Å². The summed E-state index contributed by atoms with van der Waals surface area (Å²) >= 11 is 0. The number of hydrogen-bond donors (Lipinski definition) is 0. The molecule has 0 radical (unpaired) electrons. The molecule has 0 aliphatic heterocycles. The molecule has 0 aromatic carbocycles. The van der Waals surface area contributed by atoms with Crippen LogP contribution in [-0.4, -0.2) is 24.6 Å². The Labute approximate surface area is 200 Å². The number of carbonyl (C=O) groups excluding carboxylic acids is 3. The van der Waals surface area contributed by atoms with Crippen molar-refractivity contribution in [2.45, 2.75) is 87.0 Å². The average Bonchev–Trinajstić information content (AvgIpc) is 3.08. The van der Waals surface area contributed by atoms with Gasteiger partial charge in [0.25, 0.3) is 6.47 Å². The Bertz CT molecular complexity index is 885. The number of ketones is 2. The van der Waals surface area contributed by atoms with Crippen molar-refractivity contribution in [3.05, 3.63) is 46.6 Å². The Balaban J connectivity index is 0.000000269. The van der Waals surface area contributed by atoms with Crippen LogP contribution in [0, 0.1) is 22.7 Å². The summed E-state index contributed by atoms with van der Waals surface area (Å²) in [7, 11) is 0. The fourth-order valence-electron chi connectivity index (χ4n) is 5.30. The van der Waals surface area contributed by atoms with Crippen LogP contribution in [0.25, 0.3) is 0 Å². The van der Waals surface area contributed by atoms with Gasteiger partial charge in [-0.25, -0.2) is 0 Å². The lowest BCUT2D eigenvalue weighted by Crippen LogP contribution is -2.36. The van der Waals surface area contributed by atoms with Crippen molar-refractivity contribution in [1.82, 2.24) is 0 Å². The summed E-state index contributed by atoms with van der Waals surface area (Å²) in [6.07, 6.45) is 14.9. The third kappa shape index (κ3) is 6.02. The van der Waals surface area contributed by atoms with Crippen molar-refractivity contribution in [1.29, 1.82) is 0 Å². The molecule has 4 aliphatic rings. The summed E-state index contributed by atoms with van der Waals surface area (Å²) < 4.78 is 4.41. The minimum atomic E-state index is 0.00942. The minimum Gasteiger partial charge on any atom is -0.468 e. The van der Waals surface area contributed by atoms with E-state index in [0.29, 0.717) is 30.8 Å². The van der Waals surface area contributed by atoms with Crippen molar-refractivity contribution in [3.8, 4) is 0 Å². The van der Waals surface area contributed by atoms with Crippen LogP contribution in [0.15, 0.2) is 46.6 Å². The molecule has 3 unspecified atom stereocenters. The standard InChI is InChI=1S/C20H24O.C5H10O2.C4H8O/c1-13-4-7-17-16-6-5-14-12-15(21)8-10-20(14,3)18(16)9-11-19(13,17)2;1-5(2)3-7-4-6;1-3-4(2)5/h7-8,10,12-13H,4-6,9,11H2,1-3H3;4-5H,3H2,1-2H3;3H2,1-2H3. The quantitative estimate of drug-likeness (QED) is 0.443. The molecule has 0 saturated carbocycles. The summed E-state index contributed by atoms with van der Waals surface area (Å²) in [4.78, 5) is 31.0. The van der Waals surface area contributed by atoms with Gasteiger partial charge in [-0.3, -0.25) is 9.59 Å². The van der Waals surface area contributed by atoms with Crippen molar-refractivity contribution < 1.29 is 19.1 Å². The monoisotopic (exact) mass is 454 g/mol. The van der Waals surface area contributed by atoms with E-state index in [-0.39, 0.29) is 17.0 Å². The maximum Gasteiger partial charge on any atom is 0.293 e. The predicted octanol–water partition coefficient (Wildman–Crippen LogP) is 6.72. The van der Waals surface area contributed by atoms with Gasteiger partial charge in [0.15, 0.2) is 5.78 Å². The van der Waals surface area contributed by atoms with Gasteiger partial charge in [-0.1, -0.05) is 57.9 Å². The van der Waals surface area contributed by atoms with Crippen molar-refractivity contribution >= 4 is 18.0 Å². The number of fused-ring (bicyclic) bond motifs is 4. The van der Waals surface area contributed by atoms with Crippen LogP contribution in [0.3, 0.4) is 0 Å². The highest BCUT2D eigenvalue weighted by molar-refractivity contribution is 6.01. The van der Waals surface area contributed by atoms with Crippen molar-refractivity contribution in [3.63, 3.8) is 0 Å². The largest absolute Gasteiger partial charge is 0.468 e. The van der Waals surface area contributed by atoms with E-state index in [1.54, 1.807) is 29.7 Å². The number of ether oxygens (including phenoxy) is 1. The Kier molecular flexibility index (Phi) is 9.22. The Morgan fingerprint density at radius 2 is 1.91 bits per heavy atom. The number of hydrogen-bond acceptors (Lipinski definition) is 4. The van der Waals surface area contributed by atoms with Gasteiger partial charge in [-0.05, 0) is 86.5 Å². The van der Waals surface area contributed by atoms with Gasteiger partial charge < -0.3 is 9.53 Å². The van der Waals surface area contributed by atoms with Crippen molar-refractivity contribution in [2.24, 2.45) is 22.7 Å². The molecular weight excluding hydrogens is 412 g/mol. The Morgan fingerprint density at radius 3 is 2.45 bits per heavy atom. The third-order valence-electron chi connectivity index (χ3n) is 7.79. The van der Waals surface area contributed by atoms with E-state index >= 15 is 0 Å². The lowest BCUT2D eigenvalue weighted by atomic mass is 9.56. The fraction of sp³-hybridized carbons (Fsp3) is 0.621.